The van der Waals surface area contributed by atoms with Crippen LogP contribution in [0.25, 0.3) is 0 Å². The lowest BCUT2D eigenvalue weighted by Gasteiger charge is -2.27. The first-order valence-corrected chi connectivity index (χ1v) is 11.3. The zero-order valence-corrected chi connectivity index (χ0v) is 18.8. The largest absolute Gasteiger partial charge is 0.284 e. The summed E-state index contributed by atoms with van der Waals surface area (Å²) >= 11 is 12.5. The predicted molar refractivity (Wildman–Crippen MR) is 123 cm³/mol. The number of amides is 1. The third kappa shape index (κ3) is 4.86. The number of hydrogen-bond donors (Lipinski definition) is 1. The SMILES string of the molecule is C[C@H]1C(C(=O)NN2CCCCCC2)=NN(c2ccc(Cl)cc2Cl)[C@@H]1c1ccc(F)cc1. The molecule has 1 N–H and O–H groups in total. The predicted octanol–water partition coefficient (Wildman–Crippen LogP) is 5.59. The molecule has 0 bridgehead atoms. The minimum Gasteiger partial charge on any atom is -0.284 e. The number of nitrogens with one attached hydrogen (secondary N) is 1. The number of hydrazine groups is 1. The average Bonchev–Trinajstić information content (AvgIpc) is 2.89. The summed E-state index contributed by atoms with van der Waals surface area (Å²) in [6.45, 7) is 3.63. The maximum atomic E-state index is 13.6. The van der Waals surface area contributed by atoms with Crippen LogP contribution in [-0.4, -0.2) is 29.7 Å². The minimum absolute atomic E-state index is 0.214. The van der Waals surface area contributed by atoms with Crippen molar-refractivity contribution in [1.29, 1.82) is 0 Å². The monoisotopic (exact) mass is 462 g/mol. The second-order valence-corrected chi connectivity index (χ2v) is 8.90. The standard InChI is InChI=1S/C23H25Cl2FN4O/c1-15-21(23(31)28-29-12-4-2-3-5-13-29)27-30(20-11-8-17(24)14-19(20)25)22(15)16-6-9-18(26)10-7-16/h6-11,14-15,22H,2-5,12-13H2,1H3,(H,28,31)/t15-,22-/m0/s1. The number of hydrogen-bond acceptors (Lipinski definition) is 4. The van der Waals surface area contributed by atoms with Crippen molar-refractivity contribution in [3.63, 3.8) is 0 Å². The van der Waals surface area contributed by atoms with Crippen LogP contribution in [0.3, 0.4) is 0 Å². The Balaban J connectivity index is 1.66. The molecule has 2 heterocycles. The van der Waals surface area contributed by atoms with Crippen molar-refractivity contribution in [3.8, 4) is 0 Å². The van der Waals surface area contributed by atoms with E-state index in [2.05, 4.69) is 10.5 Å². The van der Waals surface area contributed by atoms with Crippen molar-refractivity contribution >= 4 is 40.5 Å². The van der Waals surface area contributed by atoms with Gasteiger partial charge in [0.1, 0.15) is 11.5 Å². The van der Waals surface area contributed by atoms with Gasteiger partial charge in [-0.2, -0.15) is 5.10 Å². The second kappa shape index (κ2) is 9.55. The lowest BCUT2D eigenvalue weighted by atomic mass is 9.91. The highest BCUT2D eigenvalue weighted by Gasteiger charge is 2.40. The summed E-state index contributed by atoms with van der Waals surface area (Å²) in [6.07, 6.45) is 4.48. The minimum atomic E-state index is -0.314. The molecule has 2 atom stereocenters. The van der Waals surface area contributed by atoms with Crippen molar-refractivity contribution in [1.82, 2.24) is 10.4 Å². The second-order valence-electron chi connectivity index (χ2n) is 8.05. The third-order valence-electron chi connectivity index (χ3n) is 5.85. The number of rotatable bonds is 4. The Hall–Kier alpha value is -2.15. The Labute approximate surface area is 191 Å². The number of hydrazone groups is 1. The Morgan fingerprint density at radius 2 is 1.74 bits per heavy atom. The molecule has 8 heteroatoms. The van der Waals surface area contributed by atoms with Crippen molar-refractivity contribution in [2.24, 2.45) is 11.0 Å². The lowest BCUT2D eigenvalue weighted by molar-refractivity contribution is -0.119. The molecule has 0 radical (unpaired) electrons. The smallest absolute Gasteiger partial charge is 0.282 e. The molecule has 1 amide bonds. The van der Waals surface area contributed by atoms with E-state index in [1.54, 1.807) is 35.3 Å². The molecule has 4 rings (SSSR count). The summed E-state index contributed by atoms with van der Waals surface area (Å²) in [7, 11) is 0. The van der Waals surface area contributed by atoms with E-state index in [4.69, 9.17) is 23.2 Å². The fraction of sp³-hybridized carbons (Fsp3) is 0.391. The van der Waals surface area contributed by atoms with Crippen molar-refractivity contribution in [2.75, 3.05) is 18.1 Å². The van der Waals surface area contributed by atoms with E-state index in [0.717, 1.165) is 31.5 Å². The molecule has 0 saturated carbocycles. The molecule has 1 fully saturated rings. The van der Waals surface area contributed by atoms with Crippen LogP contribution in [0.1, 0.15) is 44.2 Å². The molecule has 0 spiro atoms. The molecule has 2 aromatic carbocycles. The molecule has 1 saturated heterocycles. The molecular weight excluding hydrogens is 438 g/mol. The number of anilines is 1. The maximum Gasteiger partial charge on any atom is 0.282 e. The van der Waals surface area contributed by atoms with Gasteiger partial charge in [0.25, 0.3) is 5.91 Å². The van der Waals surface area contributed by atoms with Gasteiger partial charge in [0.15, 0.2) is 0 Å². The van der Waals surface area contributed by atoms with Crippen molar-refractivity contribution in [2.45, 2.75) is 38.6 Å². The molecule has 2 aliphatic heterocycles. The van der Waals surface area contributed by atoms with Crippen LogP contribution in [0.2, 0.25) is 10.0 Å². The van der Waals surface area contributed by atoms with Crippen LogP contribution in [0.15, 0.2) is 47.6 Å². The number of halogens is 3. The first kappa shape index (κ1) is 22.1. The molecule has 0 aliphatic carbocycles. The van der Waals surface area contributed by atoms with Crippen LogP contribution >= 0.6 is 23.2 Å². The highest BCUT2D eigenvalue weighted by molar-refractivity contribution is 6.41. The fourth-order valence-corrected chi connectivity index (χ4v) is 4.72. The summed E-state index contributed by atoms with van der Waals surface area (Å²) < 4.78 is 13.6. The zero-order chi connectivity index (χ0) is 22.0. The van der Waals surface area contributed by atoms with Crippen LogP contribution < -0.4 is 10.4 Å². The van der Waals surface area contributed by atoms with Gasteiger partial charge in [-0.1, -0.05) is 55.1 Å². The fourth-order valence-electron chi connectivity index (χ4n) is 4.23. The van der Waals surface area contributed by atoms with Crippen LogP contribution in [0.5, 0.6) is 0 Å². The maximum absolute atomic E-state index is 13.6. The van der Waals surface area contributed by atoms with Gasteiger partial charge in [-0.05, 0) is 48.7 Å². The van der Waals surface area contributed by atoms with Gasteiger partial charge in [0.05, 0.1) is 16.8 Å². The quantitative estimate of drug-likeness (QED) is 0.643. The molecule has 2 aromatic rings. The highest BCUT2D eigenvalue weighted by atomic mass is 35.5. The van der Waals surface area contributed by atoms with E-state index < -0.39 is 0 Å². The summed E-state index contributed by atoms with van der Waals surface area (Å²) in [4.78, 5) is 13.2. The number of benzene rings is 2. The molecule has 31 heavy (non-hydrogen) atoms. The van der Waals surface area contributed by atoms with E-state index >= 15 is 0 Å². The summed E-state index contributed by atoms with van der Waals surface area (Å²) in [5.41, 5.74) is 4.94. The zero-order valence-electron chi connectivity index (χ0n) is 17.3. The van der Waals surface area contributed by atoms with Crippen LogP contribution in [-0.2, 0) is 4.79 Å². The first-order valence-electron chi connectivity index (χ1n) is 10.6. The molecular formula is C23H25Cl2FN4O. The molecule has 164 valence electrons. The normalized spacial score (nSPS) is 22.2. The van der Waals surface area contributed by atoms with Gasteiger partial charge in [-0.25, -0.2) is 9.40 Å². The van der Waals surface area contributed by atoms with E-state index in [9.17, 15) is 9.18 Å². The summed E-state index contributed by atoms with van der Waals surface area (Å²) in [6, 6.07) is 11.1. The van der Waals surface area contributed by atoms with Gasteiger partial charge in [-0.15, -0.1) is 0 Å². The van der Waals surface area contributed by atoms with Gasteiger partial charge in [-0.3, -0.25) is 15.2 Å². The van der Waals surface area contributed by atoms with Gasteiger partial charge in [0, 0.05) is 24.0 Å². The van der Waals surface area contributed by atoms with Crippen molar-refractivity contribution < 1.29 is 9.18 Å². The molecule has 5 nitrogen and oxygen atoms in total. The Morgan fingerprint density at radius 1 is 1.06 bits per heavy atom. The van der Waals surface area contributed by atoms with E-state index in [-0.39, 0.29) is 23.7 Å². The molecule has 0 unspecified atom stereocenters. The topological polar surface area (TPSA) is 47.9 Å². The Morgan fingerprint density at radius 3 is 2.39 bits per heavy atom. The summed E-state index contributed by atoms with van der Waals surface area (Å²) in [5, 5.41) is 9.37. The highest BCUT2D eigenvalue weighted by Crippen LogP contribution is 2.42. The molecule has 0 aromatic heterocycles. The number of carbonyl (C=O) groups is 1. The van der Waals surface area contributed by atoms with Gasteiger partial charge in [0.2, 0.25) is 0 Å². The molecule has 2 aliphatic rings. The number of nitrogens with zero attached hydrogens (tertiary/aromatic N) is 3. The van der Waals surface area contributed by atoms with Gasteiger partial charge < -0.3 is 0 Å². The average molecular weight is 463 g/mol. The van der Waals surface area contributed by atoms with Crippen molar-refractivity contribution in [3.05, 3.63) is 63.9 Å². The lowest BCUT2D eigenvalue weighted by Crippen LogP contribution is -2.46. The summed E-state index contributed by atoms with van der Waals surface area (Å²) in [5.74, 6) is -0.760. The van der Waals surface area contributed by atoms with E-state index in [1.807, 2.05) is 11.9 Å². The first-order chi connectivity index (χ1) is 14.9. The van der Waals surface area contributed by atoms with E-state index in [1.165, 1.54) is 25.0 Å². The van der Waals surface area contributed by atoms with E-state index in [0.29, 0.717) is 21.4 Å². The van der Waals surface area contributed by atoms with Crippen LogP contribution in [0.4, 0.5) is 10.1 Å². The Bertz CT molecular complexity index is 974. The number of carbonyl (C=O) groups excluding carboxylic acids is 1. The third-order valence-corrected chi connectivity index (χ3v) is 6.39. The van der Waals surface area contributed by atoms with Gasteiger partial charge >= 0.3 is 0 Å². The van der Waals surface area contributed by atoms with Crippen LogP contribution in [0, 0.1) is 11.7 Å². The Kier molecular flexibility index (Phi) is 6.80.